The van der Waals surface area contributed by atoms with E-state index >= 15 is 0 Å². The summed E-state index contributed by atoms with van der Waals surface area (Å²) >= 11 is 3.31. The minimum atomic E-state index is -0.556. The molecule has 4 N–H and O–H groups in total. The van der Waals surface area contributed by atoms with E-state index in [4.69, 9.17) is 5.73 Å². The first-order chi connectivity index (χ1) is 8.49. The van der Waals surface area contributed by atoms with E-state index in [0.29, 0.717) is 0 Å². The zero-order chi connectivity index (χ0) is 13.5. The zero-order valence-corrected chi connectivity index (χ0v) is 12.9. The average molecular weight is 351 g/mol. The topological polar surface area (TPSA) is 84.2 Å². The van der Waals surface area contributed by atoms with Crippen LogP contribution in [-0.2, 0) is 9.59 Å². The number of nitrogens with two attached hydrogens (primary N) is 1. The van der Waals surface area contributed by atoms with Crippen molar-refractivity contribution in [1.82, 2.24) is 5.32 Å². The van der Waals surface area contributed by atoms with E-state index in [1.54, 1.807) is 19.1 Å². The van der Waals surface area contributed by atoms with E-state index in [0.717, 1.165) is 10.2 Å². The standard InChI is InChI=1S/C12H16BrN3O2.ClH/c1-8(14)12(18)15-7-6-11(17)16-10-4-2-9(13)3-5-10;/h2-5,8H,6-7,14H2,1H3,(H,15,18)(H,16,17);1H/t8-;/m1./s1. The summed E-state index contributed by atoms with van der Waals surface area (Å²) in [6, 6.07) is 6.71. The Hall–Kier alpha value is -1.11. The van der Waals surface area contributed by atoms with Crippen molar-refractivity contribution in [2.45, 2.75) is 19.4 Å². The van der Waals surface area contributed by atoms with Crippen LogP contribution in [0.15, 0.2) is 28.7 Å². The van der Waals surface area contributed by atoms with Gasteiger partial charge in [-0.05, 0) is 31.2 Å². The van der Waals surface area contributed by atoms with Gasteiger partial charge in [0.25, 0.3) is 0 Å². The summed E-state index contributed by atoms with van der Waals surface area (Å²) in [6.07, 6.45) is 0.217. The maximum Gasteiger partial charge on any atom is 0.236 e. The van der Waals surface area contributed by atoms with Gasteiger partial charge in [-0.1, -0.05) is 15.9 Å². The molecule has 1 aromatic rings. The first kappa shape index (κ1) is 17.9. The van der Waals surface area contributed by atoms with Crippen LogP contribution in [0, 0.1) is 0 Å². The number of nitrogens with one attached hydrogen (secondary N) is 2. The third-order valence-electron chi connectivity index (χ3n) is 2.19. The van der Waals surface area contributed by atoms with Crippen LogP contribution in [-0.4, -0.2) is 24.4 Å². The molecule has 106 valence electrons. The lowest BCUT2D eigenvalue weighted by atomic mass is 10.3. The Morgan fingerprint density at radius 2 is 1.89 bits per heavy atom. The lowest BCUT2D eigenvalue weighted by Crippen LogP contribution is -2.39. The fourth-order valence-corrected chi connectivity index (χ4v) is 1.48. The van der Waals surface area contributed by atoms with Crippen LogP contribution in [0.4, 0.5) is 5.69 Å². The van der Waals surface area contributed by atoms with Crippen molar-refractivity contribution in [1.29, 1.82) is 0 Å². The molecule has 0 heterocycles. The molecule has 1 atom stereocenters. The quantitative estimate of drug-likeness (QED) is 0.755. The van der Waals surface area contributed by atoms with Crippen molar-refractivity contribution < 1.29 is 9.59 Å². The van der Waals surface area contributed by atoms with Crippen molar-refractivity contribution in [3.8, 4) is 0 Å². The van der Waals surface area contributed by atoms with Crippen molar-refractivity contribution in [3.63, 3.8) is 0 Å². The maximum atomic E-state index is 11.5. The van der Waals surface area contributed by atoms with Gasteiger partial charge in [0.1, 0.15) is 0 Å². The molecule has 7 heteroatoms. The molecule has 0 saturated heterocycles. The predicted octanol–water partition coefficient (Wildman–Crippen LogP) is 1.66. The summed E-state index contributed by atoms with van der Waals surface area (Å²) in [5, 5.41) is 5.31. The van der Waals surface area contributed by atoms with Crippen LogP contribution in [0.3, 0.4) is 0 Å². The van der Waals surface area contributed by atoms with Crippen LogP contribution in [0.5, 0.6) is 0 Å². The molecule has 0 spiro atoms. The van der Waals surface area contributed by atoms with Crippen LogP contribution < -0.4 is 16.4 Å². The van der Waals surface area contributed by atoms with Crippen molar-refractivity contribution >= 4 is 45.8 Å². The van der Waals surface area contributed by atoms with Gasteiger partial charge in [0.2, 0.25) is 11.8 Å². The number of rotatable bonds is 5. The Morgan fingerprint density at radius 1 is 1.32 bits per heavy atom. The molecule has 5 nitrogen and oxygen atoms in total. The highest BCUT2D eigenvalue weighted by molar-refractivity contribution is 9.10. The van der Waals surface area contributed by atoms with Crippen LogP contribution in [0.1, 0.15) is 13.3 Å². The normalized spacial score (nSPS) is 11.1. The van der Waals surface area contributed by atoms with Gasteiger partial charge in [0, 0.05) is 23.1 Å². The Balaban J connectivity index is 0.00000324. The smallest absolute Gasteiger partial charge is 0.236 e. The lowest BCUT2D eigenvalue weighted by Gasteiger charge is -2.08. The summed E-state index contributed by atoms with van der Waals surface area (Å²) < 4.78 is 0.949. The Kier molecular flexibility index (Phi) is 8.38. The first-order valence-corrected chi connectivity index (χ1v) is 6.37. The third-order valence-corrected chi connectivity index (χ3v) is 2.72. The number of benzene rings is 1. The highest BCUT2D eigenvalue weighted by Gasteiger charge is 2.07. The molecule has 2 amide bonds. The molecule has 0 unspecified atom stereocenters. The van der Waals surface area contributed by atoms with Gasteiger partial charge < -0.3 is 16.4 Å². The fourth-order valence-electron chi connectivity index (χ4n) is 1.22. The number of carbonyl (C=O) groups is 2. The summed E-state index contributed by atoms with van der Waals surface area (Å²) in [7, 11) is 0. The minimum absolute atomic E-state index is 0. The van der Waals surface area contributed by atoms with Crippen molar-refractivity contribution in [3.05, 3.63) is 28.7 Å². The Labute approximate surface area is 126 Å². The highest BCUT2D eigenvalue weighted by atomic mass is 79.9. The van der Waals surface area contributed by atoms with E-state index in [1.165, 1.54) is 0 Å². The molecule has 0 saturated carbocycles. The van der Waals surface area contributed by atoms with E-state index in [2.05, 4.69) is 26.6 Å². The summed E-state index contributed by atoms with van der Waals surface area (Å²) in [6.45, 7) is 1.87. The fraction of sp³-hybridized carbons (Fsp3) is 0.333. The molecular formula is C12H17BrClN3O2. The largest absolute Gasteiger partial charge is 0.354 e. The van der Waals surface area contributed by atoms with Gasteiger partial charge in [-0.15, -0.1) is 12.4 Å². The van der Waals surface area contributed by atoms with Gasteiger partial charge in [-0.25, -0.2) is 0 Å². The molecule has 0 aromatic heterocycles. The maximum absolute atomic E-state index is 11.5. The van der Waals surface area contributed by atoms with Crippen LogP contribution in [0.25, 0.3) is 0 Å². The molecule has 0 aliphatic rings. The number of halogens is 2. The highest BCUT2D eigenvalue weighted by Crippen LogP contribution is 2.14. The van der Waals surface area contributed by atoms with Gasteiger partial charge in [0.05, 0.1) is 6.04 Å². The second-order valence-corrected chi connectivity index (χ2v) is 4.80. The van der Waals surface area contributed by atoms with Crippen LogP contribution >= 0.6 is 28.3 Å². The summed E-state index contributed by atoms with van der Waals surface area (Å²) in [4.78, 5) is 22.7. The lowest BCUT2D eigenvalue weighted by molar-refractivity contribution is -0.122. The van der Waals surface area contributed by atoms with Crippen molar-refractivity contribution in [2.75, 3.05) is 11.9 Å². The molecule has 0 aliphatic carbocycles. The molecule has 0 fully saturated rings. The molecule has 19 heavy (non-hydrogen) atoms. The SMILES string of the molecule is C[C@@H](N)C(=O)NCCC(=O)Nc1ccc(Br)cc1.Cl. The zero-order valence-electron chi connectivity index (χ0n) is 10.5. The van der Waals surface area contributed by atoms with Gasteiger partial charge in [-0.3, -0.25) is 9.59 Å². The molecule has 0 radical (unpaired) electrons. The number of hydrogen-bond donors (Lipinski definition) is 3. The van der Waals surface area contributed by atoms with Crippen molar-refractivity contribution in [2.24, 2.45) is 5.73 Å². The second-order valence-electron chi connectivity index (χ2n) is 3.88. The summed E-state index contributed by atoms with van der Waals surface area (Å²) in [5.41, 5.74) is 6.10. The molecule has 1 aromatic carbocycles. The minimum Gasteiger partial charge on any atom is -0.354 e. The average Bonchev–Trinajstić information content (AvgIpc) is 2.32. The van der Waals surface area contributed by atoms with E-state index in [9.17, 15) is 9.59 Å². The van der Waals surface area contributed by atoms with E-state index < -0.39 is 6.04 Å². The third kappa shape index (κ3) is 7.15. The van der Waals surface area contributed by atoms with E-state index in [-0.39, 0.29) is 37.2 Å². The number of amides is 2. The Morgan fingerprint density at radius 3 is 2.42 bits per heavy atom. The molecule has 0 bridgehead atoms. The number of hydrogen-bond acceptors (Lipinski definition) is 3. The van der Waals surface area contributed by atoms with Crippen LogP contribution in [0.2, 0.25) is 0 Å². The molecule has 0 aliphatic heterocycles. The molecule has 1 rings (SSSR count). The van der Waals surface area contributed by atoms with Gasteiger partial charge in [-0.2, -0.15) is 0 Å². The van der Waals surface area contributed by atoms with Gasteiger partial charge >= 0.3 is 0 Å². The first-order valence-electron chi connectivity index (χ1n) is 5.58. The van der Waals surface area contributed by atoms with Gasteiger partial charge in [0.15, 0.2) is 0 Å². The summed E-state index contributed by atoms with van der Waals surface area (Å²) in [5.74, 6) is -0.409. The Bertz CT molecular complexity index is 423. The monoisotopic (exact) mass is 349 g/mol. The second kappa shape index (κ2) is 8.90. The predicted molar refractivity (Wildman–Crippen MR) is 81.3 cm³/mol. The number of anilines is 1. The van der Waals surface area contributed by atoms with E-state index in [1.807, 2.05) is 12.1 Å². The number of carbonyl (C=O) groups excluding carboxylic acids is 2. The molecular weight excluding hydrogens is 334 g/mol.